The van der Waals surface area contributed by atoms with Crippen LogP contribution in [0.1, 0.15) is 242 Å². The maximum absolute atomic E-state index is 12.2. The quantitative estimate of drug-likeness (QED) is 0.0846. The molecule has 0 unspecified atom stereocenters. The van der Waals surface area contributed by atoms with Gasteiger partial charge in [0.1, 0.15) is 11.6 Å². The van der Waals surface area contributed by atoms with E-state index in [2.05, 4.69) is 136 Å². The van der Waals surface area contributed by atoms with Crippen molar-refractivity contribution in [3.05, 3.63) is 95.7 Å². The maximum Gasteiger partial charge on any atom is 0.229 e. The number of anilines is 3. The lowest BCUT2D eigenvalue weighted by atomic mass is 9.82. The number of Topliss-reactive ketones (excluding diaryl/α,β-unsaturated/α-hetero) is 2. The minimum Gasteiger partial charge on any atom is -0.383 e. The van der Waals surface area contributed by atoms with Gasteiger partial charge in [-0.25, -0.2) is 4.98 Å². The maximum atomic E-state index is 12.2. The molecule has 0 aliphatic rings. The van der Waals surface area contributed by atoms with E-state index in [-0.39, 0.29) is 17.0 Å². The summed E-state index contributed by atoms with van der Waals surface area (Å²) in [5.74, 6) is 1.20. The van der Waals surface area contributed by atoms with E-state index in [4.69, 9.17) is 5.73 Å². The molecule has 3 N–H and O–H groups in total. The number of aromatic nitrogens is 2. The van der Waals surface area contributed by atoms with E-state index in [0.717, 1.165) is 34.4 Å². The first-order valence-corrected chi connectivity index (χ1v) is 24.3. The summed E-state index contributed by atoms with van der Waals surface area (Å²) in [6, 6.07) is 16.2. The fourth-order valence-electron chi connectivity index (χ4n) is 4.64. The van der Waals surface area contributed by atoms with E-state index >= 15 is 0 Å². The molecule has 3 aromatic rings. The zero-order chi connectivity index (χ0) is 48.9. The highest BCUT2D eigenvalue weighted by molar-refractivity contribution is 5.98. The van der Waals surface area contributed by atoms with Crippen LogP contribution in [-0.4, -0.2) is 21.5 Å². The number of hydrogen-bond donors (Lipinski definition) is 2. The van der Waals surface area contributed by atoms with Crippen LogP contribution in [0.2, 0.25) is 0 Å². The number of benzene rings is 2. The summed E-state index contributed by atoms with van der Waals surface area (Å²) in [5.41, 5.74) is 12.7. The first-order valence-electron chi connectivity index (χ1n) is 24.3. The number of nitrogens with two attached hydrogens (primary N) is 1. The molecule has 0 saturated carbocycles. The number of nitrogen functional groups attached to an aromatic ring is 1. The highest BCUT2D eigenvalue weighted by Gasteiger charge is 2.21. The summed E-state index contributed by atoms with van der Waals surface area (Å²) in [7, 11) is 0. The minimum absolute atomic E-state index is 0.141. The second-order valence-electron chi connectivity index (χ2n) is 16.2. The molecule has 62 heavy (non-hydrogen) atoms. The Hall–Kier alpha value is -4.06. The number of hydrogen-bond acceptors (Lipinski definition) is 6. The SMILES string of the molecule is C=C(C)CCCC.C=C(C)c1cnc(Nc2ccc(C(=O)CC)c(C(C)(C)C)c2)nc1N.CC.CCC(C)=O.CCCC.CCCCC.CCCCCC.CCc1ccccc1. The molecule has 356 valence electrons. The second-order valence-corrected chi connectivity index (χ2v) is 16.2. The standard InChI is InChI=1S/C20H26N4O.C8H10.C7H14.C6H14.C5H12.C4H8O.C4H10.C2H6/c1-7-17(25)14-9-8-13(10-16(14)20(4,5)6)23-19-22-11-15(12(2)3)18(21)24-19;1-2-8-6-4-3-5-7-8;1-4-5-6-7(2)3;1-3-5-6-4-2;1-3-5-4-2;1-3-4(2)5;1-3-4-2;1-2/h8-11H,2,7H2,1,3-6H3,(H3,21,22,23,24);3-7H,2H2,1H3;2,4-6H2,1,3H3;3-6H2,1-2H3;3-5H2,1-2H3;3H2,1-2H3;3-4H2,1-2H3;1-2H3. The van der Waals surface area contributed by atoms with Crippen molar-refractivity contribution in [1.82, 2.24) is 9.97 Å². The topological polar surface area (TPSA) is 98.0 Å². The number of unbranched alkanes of at least 4 members (excludes halogenated alkanes) is 7. The summed E-state index contributed by atoms with van der Waals surface area (Å²) in [4.78, 5) is 30.6. The van der Waals surface area contributed by atoms with Crippen LogP contribution < -0.4 is 11.1 Å². The smallest absolute Gasteiger partial charge is 0.229 e. The van der Waals surface area contributed by atoms with Crippen LogP contribution in [0.4, 0.5) is 17.5 Å². The summed E-state index contributed by atoms with van der Waals surface area (Å²) >= 11 is 0. The fraction of sp³-hybridized carbons (Fsp3) is 0.607. The van der Waals surface area contributed by atoms with E-state index in [9.17, 15) is 9.59 Å². The third-order valence-electron chi connectivity index (χ3n) is 8.85. The van der Waals surface area contributed by atoms with Crippen molar-refractivity contribution in [3.8, 4) is 0 Å². The number of nitrogens with one attached hydrogen (secondary N) is 1. The van der Waals surface area contributed by atoms with Gasteiger partial charge in [0, 0.05) is 35.9 Å². The van der Waals surface area contributed by atoms with E-state index < -0.39 is 0 Å². The Morgan fingerprint density at radius 2 is 1.15 bits per heavy atom. The zero-order valence-corrected chi connectivity index (χ0v) is 44.0. The van der Waals surface area contributed by atoms with Gasteiger partial charge in [-0.2, -0.15) is 4.98 Å². The molecule has 0 aliphatic heterocycles. The monoisotopic (exact) mass is 861 g/mol. The number of aryl methyl sites for hydroxylation is 1. The van der Waals surface area contributed by atoms with E-state index in [1.807, 2.05) is 58.9 Å². The van der Waals surface area contributed by atoms with E-state index in [1.54, 1.807) is 13.1 Å². The summed E-state index contributed by atoms with van der Waals surface area (Å²) in [6.45, 7) is 44.8. The van der Waals surface area contributed by atoms with Crippen LogP contribution in [0.25, 0.3) is 5.57 Å². The molecule has 0 aliphatic carbocycles. The molecule has 0 bridgehead atoms. The van der Waals surface area contributed by atoms with Gasteiger partial charge >= 0.3 is 0 Å². The molecular formula is C56H100N4O2. The number of ketones is 2. The predicted octanol–water partition coefficient (Wildman–Crippen LogP) is 18.3. The van der Waals surface area contributed by atoms with Crippen molar-refractivity contribution in [2.75, 3.05) is 11.1 Å². The van der Waals surface area contributed by atoms with Crippen LogP contribution in [0.5, 0.6) is 0 Å². The average Bonchev–Trinajstić information content (AvgIpc) is 3.26. The number of carbonyl (C=O) groups is 2. The van der Waals surface area contributed by atoms with Crippen molar-refractivity contribution in [3.63, 3.8) is 0 Å². The highest BCUT2D eigenvalue weighted by atomic mass is 16.1. The Labute approximate surface area is 385 Å². The number of allylic oxidation sites excluding steroid dienone is 2. The summed E-state index contributed by atoms with van der Waals surface area (Å²) < 4.78 is 0. The Morgan fingerprint density at radius 1 is 0.661 bits per heavy atom. The second kappa shape index (κ2) is 46.4. The van der Waals surface area contributed by atoms with Crippen LogP contribution in [0.3, 0.4) is 0 Å². The number of nitrogens with zero attached hydrogens (tertiary/aromatic N) is 2. The zero-order valence-electron chi connectivity index (χ0n) is 44.0. The molecule has 6 nitrogen and oxygen atoms in total. The van der Waals surface area contributed by atoms with Crippen molar-refractivity contribution in [1.29, 1.82) is 0 Å². The van der Waals surface area contributed by atoms with Crippen molar-refractivity contribution in [2.24, 2.45) is 0 Å². The lowest BCUT2D eigenvalue weighted by Crippen LogP contribution is -2.17. The Kier molecular flexibility index (Phi) is 50.2. The minimum atomic E-state index is -0.151. The first kappa shape index (κ1) is 67.0. The lowest BCUT2D eigenvalue weighted by Gasteiger charge is -2.23. The lowest BCUT2D eigenvalue weighted by molar-refractivity contribution is -0.116. The molecular weight excluding hydrogens is 761 g/mol. The molecule has 0 amide bonds. The number of rotatable bonds is 16. The Morgan fingerprint density at radius 3 is 1.44 bits per heavy atom. The Bertz CT molecular complexity index is 1500. The normalized spacial score (nSPS) is 9.45. The molecule has 3 rings (SSSR count). The van der Waals surface area contributed by atoms with Gasteiger partial charge in [0.2, 0.25) is 5.95 Å². The average molecular weight is 861 g/mol. The molecule has 1 heterocycles. The third-order valence-corrected chi connectivity index (χ3v) is 8.85. The fourth-order valence-corrected chi connectivity index (χ4v) is 4.64. The van der Waals surface area contributed by atoms with Crippen molar-refractivity contribution < 1.29 is 9.59 Å². The molecule has 0 atom stereocenters. The molecule has 0 spiro atoms. The van der Waals surface area contributed by atoms with Gasteiger partial charge in [0.25, 0.3) is 0 Å². The van der Waals surface area contributed by atoms with Crippen LogP contribution >= 0.6 is 0 Å². The summed E-state index contributed by atoms with van der Waals surface area (Å²) in [5, 5.41) is 3.16. The molecule has 6 heteroatoms. The summed E-state index contributed by atoms with van der Waals surface area (Å²) in [6.07, 6.45) is 20.0. The molecule has 0 fully saturated rings. The van der Waals surface area contributed by atoms with E-state index in [0.29, 0.717) is 24.6 Å². The molecule has 0 radical (unpaired) electrons. The van der Waals surface area contributed by atoms with Crippen LogP contribution in [-0.2, 0) is 16.6 Å². The van der Waals surface area contributed by atoms with Crippen LogP contribution in [0.15, 0.2) is 73.5 Å². The largest absolute Gasteiger partial charge is 0.383 e. The molecule has 2 aromatic carbocycles. The predicted molar refractivity (Wildman–Crippen MR) is 282 cm³/mol. The van der Waals surface area contributed by atoms with Gasteiger partial charge in [0.15, 0.2) is 5.78 Å². The van der Waals surface area contributed by atoms with Gasteiger partial charge in [0.05, 0.1) is 0 Å². The van der Waals surface area contributed by atoms with Crippen LogP contribution in [0, 0.1) is 0 Å². The van der Waals surface area contributed by atoms with E-state index in [1.165, 1.54) is 88.2 Å². The van der Waals surface area contributed by atoms with Gasteiger partial charge < -0.3 is 15.8 Å². The molecule has 0 saturated heterocycles. The Balaban J connectivity index is -0.000000239. The third kappa shape index (κ3) is 41.3. The van der Waals surface area contributed by atoms with Gasteiger partial charge in [-0.1, -0.05) is 211 Å². The number of carbonyl (C=O) groups excluding carboxylic acids is 2. The van der Waals surface area contributed by atoms with Gasteiger partial charge in [-0.3, -0.25) is 4.79 Å². The van der Waals surface area contributed by atoms with Crippen molar-refractivity contribution >= 4 is 34.6 Å². The highest BCUT2D eigenvalue weighted by Crippen LogP contribution is 2.30. The van der Waals surface area contributed by atoms with Gasteiger partial charge in [-0.05, 0) is 80.3 Å². The van der Waals surface area contributed by atoms with Crippen molar-refractivity contribution in [2.45, 2.75) is 226 Å². The van der Waals surface area contributed by atoms with Gasteiger partial charge in [-0.15, -0.1) is 6.58 Å². The first-order chi connectivity index (χ1) is 29.3. The molecule has 1 aromatic heterocycles.